The van der Waals surface area contributed by atoms with Gasteiger partial charge in [-0.3, -0.25) is 20.0 Å². The first kappa shape index (κ1) is 36.0. The van der Waals surface area contributed by atoms with Crippen LogP contribution in [0.5, 0.6) is 5.88 Å². The number of rotatable bonds is 11. The van der Waals surface area contributed by atoms with Crippen molar-refractivity contribution >= 4 is 68.1 Å². The average Bonchev–Trinajstić information content (AvgIpc) is 3.78. The minimum absolute atomic E-state index is 0.0817. The number of carbonyl (C=O) groups is 1. The van der Waals surface area contributed by atoms with Gasteiger partial charge in [0, 0.05) is 47.5 Å². The molecule has 0 saturated carbocycles. The van der Waals surface area contributed by atoms with Crippen LogP contribution in [0.3, 0.4) is 0 Å². The van der Waals surface area contributed by atoms with Gasteiger partial charge in [0.1, 0.15) is 10.5 Å². The summed E-state index contributed by atoms with van der Waals surface area (Å²) in [5.74, 6) is 0.481. The molecule has 0 amide bonds. The zero-order valence-electron chi connectivity index (χ0n) is 29.0. The van der Waals surface area contributed by atoms with Crippen molar-refractivity contribution in [2.45, 2.75) is 39.3 Å². The quantitative estimate of drug-likeness (QED) is 0.0774. The maximum atomic E-state index is 11.4. The fourth-order valence-electron chi connectivity index (χ4n) is 7.11. The number of thiazole rings is 1. The summed E-state index contributed by atoms with van der Waals surface area (Å²) in [6.45, 7) is 6.46. The molecule has 52 heavy (non-hydrogen) atoms. The van der Waals surface area contributed by atoms with Crippen LogP contribution >= 0.6 is 34.5 Å². The molecule has 0 bridgehead atoms. The van der Waals surface area contributed by atoms with Gasteiger partial charge in [-0.2, -0.15) is 0 Å². The maximum Gasteiger partial charge on any atom is 0.306 e. The van der Waals surface area contributed by atoms with Crippen molar-refractivity contribution in [2.24, 2.45) is 17.6 Å². The second kappa shape index (κ2) is 15.3. The van der Waals surface area contributed by atoms with Gasteiger partial charge in [-0.15, -0.1) is 11.3 Å². The summed E-state index contributed by atoms with van der Waals surface area (Å²) in [6.07, 6.45) is 3.93. The predicted molar refractivity (Wildman–Crippen MR) is 208 cm³/mol. The van der Waals surface area contributed by atoms with E-state index in [4.69, 9.17) is 49.0 Å². The van der Waals surface area contributed by atoms with Crippen LogP contribution in [0, 0.1) is 24.2 Å². The minimum atomic E-state index is -0.711. The number of benzene rings is 2. The summed E-state index contributed by atoms with van der Waals surface area (Å²) in [5.41, 5.74) is 12.2. The first-order valence-electron chi connectivity index (χ1n) is 17.2. The first-order valence-corrected chi connectivity index (χ1v) is 18.8. The molecule has 7 rings (SSSR count). The normalized spacial score (nSPS) is 17.1. The van der Waals surface area contributed by atoms with Gasteiger partial charge in [0.2, 0.25) is 5.88 Å². The van der Waals surface area contributed by atoms with Crippen LogP contribution in [0.4, 0.5) is 11.5 Å². The predicted octanol–water partition coefficient (Wildman–Crippen LogP) is 7.84. The molecule has 0 unspecified atom stereocenters. The summed E-state index contributed by atoms with van der Waals surface area (Å²) < 4.78 is 6.79. The molecule has 0 spiro atoms. The molecule has 5 N–H and O–H groups in total. The van der Waals surface area contributed by atoms with E-state index in [1.807, 2.05) is 48.5 Å². The Labute approximate surface area is 316 Å². The van der Waals surface area contributed by atoms with Gasteiger partial charge < -0.3 is 20.9 Å². The van der Waals surface area contributed by atoms with E-state index in [-0.39, 0.29) is 17.7 Å². The summed E-state index contributed by atoms with van der Waals surface area (Å²) in [6, 6.07) is 15.6. The van der Waals surface area contributed by atoms with Crippen LogP contribution in [0.25, 0.3) is 32.6 Å². The molecule has 11 nitrogen and oxygen atoms in total. The summed E-state index contributed by atoms with van der Waals surface area (Å²) >= 11 is 15.9. The number of piperidine rings is 1. The number of nitrogens with two attached hydrogens (primary N) is 1. The van der Waals surface area contributed by atoms with E-state index >= 15 is 0 Å². The highest BCUT2D eigenvalue weighted by Crippen LogP contribution is 2.43. The highest BCUT2D eigenvalue weighted by Gasteiger charge is 2.27. The number of aromatic nitrogens is 3. The van der Waals surface area contributed by atoms with E-state index in [0.29, 0.717) is 59.1 Å². The summed E-state index contributed by atoms with van der Waals surface area (Å²) in [4.78, 5) is 30.4. The van der Waals surface area contributed by atoms with E-state index in [0.717, 1.165) is 75.6 Å². The van der Waals surface area contributed by atoms with E-state index in [1.165, 1.54) is 0 Å². The van der Waals surface area contributed by atoms with Crippen molar-refractivity contribution in [1.29, 1.82) is 5.41 Å². The Morgan fingerprint density at radius 3 is 2.40 bits per heavy atom. The molecule has 2 aliphatic rings. The average molecular weight is 760 g/mol. The monoisotopic (exact) mass is 758 g/mol. The molecule has 2 aliphatic heterocycles. The molecule has 5 heterocycles. The molecule has 0 radical (unpaired) electrons. The van der Waals surface area contributed by atoms with E-state index < -0.39 is 5.97 Å². The number of nitrogens with one attached hydrogen (secondary N) is 2. The smallest absolute Gasteiger partial charge is 0.306 e. The minimum Gasteiger partial charge on any atom is -0.481 e. The number of fused-ring (bicyclic) bond motifs is 1. The topological polar surface area (TPSA) is 154 Å². The molecule has 5 aromatic rings. The summed E-state index contributed by atoms with van der Waals surface area (Å²) in [5, 5.41) is 22.6. The number of amidine groups is 1. The third kappa shape index (κ3) is 7.44. The molecule has 2 aromatic carbocycles. The molecule has 3 aromatic heterocycles. The van der Waals surface area contributed by atoms with Crippen molar-refractivity contribution in [3.8, 4) is 28.3 Å². The van der Waals surface area contributed by atoms with Crippen LogP contribution in [-0.2, 0) is 17.9 Å². The second-order valence-electron chi connectivity index (χ2n) is 13.5. The highest BCUT2D eigenvalue weighted by molar-refractivity contribution is 7.18. The highest BCUT2D eigenvalue weighted by atomic mass is 35.5. The molecule has 1 atom stereocenters. The van der Waals surface area contributed by atoms with Crippen molar-refractivity contribution < 1.29 is 14.6 Å². The second-order valence-corrected chi connectivity index (χ2v) is 15.3. The number of methoxy groups -OCH3 is 1. The zero-order valence-corrected chi connectivity index (χ0v) is 31.3. The number of ether oxygens (including phenoxy) is 1. The van der Waals surface area contributed by atoms with E-state index in [1.54, 1.807) is 24.6 Å². The van der Waals surface area contributed by atoms with Crippen LogP contribution in [0.15, 0.2) is 54.7 Å². The van der Waals surface area contributed by atoms with Gasteiger partial charge in [-0.1, -0.05) is 53.5 Å². The lowest BCUT2D eigenvalue weighted by atomic mass is 9.97. The fourth-order valence-corrected chi connectivity index (χ4v) is 8.72. The molecule has 14 heteroatoms. The van der Waals surface area contributed by atoms with Crippen LogP contribution in [0.1, 0.15) is 35.4 Å². The number of anilines is 2. The van der Waals surface area contributed by atoms with Gasteiger partial charge >= 0.3 is 5.97 Å². The number of nitrogens with zero attached hydrogens (tertiary/aromatic N) is 5. The summed E-state index contributed by atoms with van der Waals surface area (Å²) in [7, 11) is 1.63. The molecular formula is C38H40Cl2N8O3S. The Hall–Kier alpha value is -4.33. The lowest BCUT2D eigenvalue weighted by molar-refractivity contribution is -0.143. The van der Waals surface area contributed by atoms with Crippen molar-refractivity contribution in [1.82, 2.24) is 24.8 Å². The lowest BCUT2D eigenvalue weighted by Crippen LogP contribution is -2.35. The molecular weight excluding hydrogens is 719 g/mol. The van der Waals surface area contributed by atoms with Crippen LogP contribution in [-0.4, -0.2) is 75.0 Å². The van der Waals surface area contributed by atoms with Gasteiger partial charge in [0.05, 0.1) is 51.5 Å². The number of likely N-dealkylation sites (tertiary alicyclic amines) is 2. The number of hydrogen-bond donors (Lipinski definition) is 4. The molecule has 0 aliphatic carbocycles. The SMILES string of the molecule is COc1nc(-c2cccc(-c3cccc(Nc4nccc5sc(CN6CCC(C(=O)O)CC6)nc45)c3Cl)c2Cl)cc(C)c1CN1CC[C@@H](C(=N)N)C1. The van der Waals surface area contributed by atoms with E-state index in [2.05, 4.69) is 27.0 Å². The van der Waals surface area contributed by atoms with Crippen LogP contribution < -0.4 is 15.8 Å². The molecule has 2 fully saturated rings. The Morgan fingerprint density at radius 1 is 1.00 bits per heavy atom. The zero-order chi connectivity index (χ0) is 36.5. The number of aryl methyl sites for hydroxylation is 1. The van der Waals surface area contributed by atoms with Crippen molar-refractivity contribution in [3.05, 3.63) is 80.9 Å². The van der Waals surface area contributed by atoms with Gasteiger partial charge in [0.15, 0.2) is 5.82 Å². The lowest BCUT2D eigenvalue weighted by Gasteiger charge is -2.29. The van der Waals surface area contributed by atoms with Crippen LogP contribution in [0.2, 0.25) is 10.0 Å². The number of halogens is 2. The number of hydrogen-bond acceptors (Lipinski definition) is 10. The standard InChI is InChI=1S/C38H40Cl2N8O3S/c1-21-17-29(45-37(51-2)27(21)19-48-16-12-23(18-48)35(41)42)26-7-3-5-24(32(26)39)25-6-4-8-28(33(25)40)44-36-34-30(9-13-43-36)52-31(46-34)20-47-14-10-22(11-15-47)38(49)50/h3-9,13,17,22-23H,10-12,14-16,18-20H2,1-2H3,(H3,41,42)(H,43,44)(H,49,50)/t23-/m1/s1. The Balaban J connectivity index is 1.13. The van der Waals surface area contributed by atoms with E-state index in [9.17, 15) is 9.90 Å². The third-order valence-corrected chi connectivity index (χ3v) is 11.9. The Morgan fingerprint density at radius 2 is 1.69 bits per heavy atom. The number of aliphatic carboxylic acids is 1. The maximum absolute atomic E-state index is 11.4. The third-order valence-electron chi connectivity index (χ3n) is 10.1. The molecule has 2 saturated heterocycles. The largest absolute Gasteiger partial charge is 0.481 e. The Kier molecular flexibility index (Phi) is 10.6. The number of pyridine rings is 2. The number of carboxylic acid groups (broad SMARTS) is 1. The number of carboxylic acids is 1. The van der Waals surface area contributed by atoms with Crippen molar-refractivity contribution in [3.63, 3.8) is 0 Å². The first-order chi connectivity index (χ1) is 25.1. The van der Waals surface area contributed by atoms with Gasteiger partial charge in [-0.25, -0.2) is 15.0 Å². The molecule has 270 valence electrons. The van der Waals surface area contributed by atoms with Gasteiger partial charge in [-0.05, 0) is 69.6 Å². The Bertz CT molecular complexity index is 2150. The van der Waals surface area contributed by atoms with Crippen molar-refractivity contribution in [2.75, 3.05) is 38.6 Å². The van der Waals surface area contributed by atoms with Gasteiger partial charge in [0.25, 0.3) is 0 Å². The fraction of sp³-hybridized carbons (Fsp3) is 0.342.